The molecule has 0 atom stereocenters. The van der Waals surface area contributed by atoms with Crippen LogP contribution >= 0.6 is 0 Å². The van der Waals surface area contributed by atoms with Gasteiger partial charge in [-0.05, 0) is 36.1 Å². The van der Waals surface area contributed by atoms with Crippen molar-refractivity contribution in [1.29, 1.82) is 0 Å². The number of nitrogens with zero attached hydrogens (tertiary/aromatic N) is 1. The first kappa shape index (κ1) is 16.9. The molecule has 122 valence electrons. The minimum atomic E-state index is -0.302. The fourth-order valence-corrected chi connectivity index (χ4v) is 2.63. The molecule has 23 heavy (non-hydrogen) atoms. The van der Waals surface area contributed by atoms with Crippen LogP contribution in [0.25, 0.3) is 0 Å². The third kappa shape index (κ3) is 5.06. The predicted octanol–water partition coefficient (Wildman–Crippen LogP) is 3.12. The second-order valence-corrected chi connectivity index (χ2v) is 6.48. The third-order valence-electron chi connectivity index (χ3n) is 3.56. The van der Waals surface area contributed by atoms with Gasteiger partial charge in [0.25, 0.3) is 5.91 Å². The zero-order chi connectivity index (χ0) is 16.9. The van der Waals surface area contributed by atoms with Crippen molar-refractivity contribution < 1.29 is 14.3 Å². The summed E-state index contributed by atoms with van der Waals surface area (Å²) in [6.07, 6.45) is 3.25. The van der Waals surface area contributed by atoms with Crippen LogP contribution in [0, 0.1) is 5.41 Å². The summed E-state index contributed by atoms with van der Waals surface area (Å²) in [4.78, 5) is 23.8. The van der Waals surface area contributed by atoms with Gasteiger partial charge < -0.3 is 4.74 Å². The lowest BCUT2D eigenvalue weighted by molar-refractivity contribution is -0.120. The van der Waals surface area contributed by atoms with Gasteiger partial charge in [-0.25, -0.2) is 5.43 Å². The van der Waals surface area contributed by atoms with Crippen LogP contribution in [0.5, 0.6) is 5.75 Å². The number of ether oxygens (including phenoxy) is 1. The van der Waals surface area contributed by atoms with Crippen molar-refractivity contribution in [3.63, 3.8) is 0 Å². The Labute approximate surface area is 136 Å². The Balaban J connectivity index is 1.97. The quantitative estimate of drug-likeness (QED) is 0.670. The number of hydrogen-bond acceptors (Lipinski definition) is 4. The molecule has 0 saturated heterocycles. The molecule has 1 aromatic rings. The topological polar surface area (TPSA) is 67.8 Å². The van der Waals surface area contributed by atoms with Crippen molar-refractivity contribution in [1.82, 2.24) is 5.43 Å². The molecule has 1 saturated carbocycles. The first-order valence-electron chi connectivity index (χ1n) is 7.61. The lowest BCUT2D eigenvalue weighted by Crippen LogP contribution is -2.31. The van der Waals surface area contributed by atoms with Crippen LogP contribution in [0.3, 0.4) is 0 Å². The molecule has 0 radical (unpaired) electrons. The zero-order valence-corrected chi connectivity index (χ0v) is 13.6. The average molecular weight is 314 g/mol. The van der Waals surface area contributed by atoms with E-state index in [1.165, 1.54) is 0 Å². The number of ketones is 1. The second kappa shape index (κ2) is 7.22. The molecule has 0 aliphatic heterocycles. The number of hydrogen-bond donors (Lipinski definition) is 1. The highest BCUT2D eigenvalue weighted by Gasteiger charge is 2.30. The molecule has 0 aromatic heterocycles. The zero-order valence-electron chi connectivity index (χ0n) is 13.6. The average Bonchev–Trinajstić information content (AvgIpc) is 2.49. The van der Waals surface area contributed by atoms with Crippen LogP contribution in [0.15, 0.2) is 42.0 Å². The van der Waals surface area contributed by atoms with Gasteiger partial charge in [-0.15, -0.1) is 0 Å². The minimum absolute atomic E-state index is 0.0942. The minimum Gasteiger partial charge on any atom is -0.490 e. The number of Topliss-reactive ketones (excluding diaryl/α,β-unsaturated/α-hetero) is 1. The number of benzene rings is 1. The van der Waals surface area contributed by atoms with E-state index in [1.54, 1.807) is 30.3 Å². The summed E-state index contributed by atoms with van der Waals surface area (Å²) in [5.41, 5.74) is 3.65. The van der Waals surface area contributed by atoms with Gasteiger partial charge in [0.1, 0.15) is 18.1 Å². The van der Waals surface area contributed by atoms with Crippen molar-refractivity contribution in [2.75, 3.05) is 6.61 Å². The number of carbonyl (C=O) groups is 2. The number of hydrazone groups is 1. The van der Waals surface area contributed by atoms with E-state index >= 15 is 0 Å². The summed E-state index contributed by atoms with van der Waals surface area (Å²) in [6.45, 7) is 8.06. The molecule has 0 heterocycles. The largest absolute Gasteiger partial charge is 0.490 e. The van der Waals surface area contributed by atoms with Crippen molar-refractivity contribution in [3.8, 4) is 5.75 Å². The van der Waals surface area contributed by atoms with E-state index in [9.17, 15) is 9.59 Å². The standard InChI is InChI=1S/C18H22N2O3/c1-4-9-23-16-7-5-13(6-8-16)17(22)20-19-14-10-15(21)12-18(2,3)11-14/h4-8H,1,9-12H2,2-3H3,(H,20,22)/b19-14+. The summed E-state index contributed by atoms with van der Waals surface area (Å²) in [5.74, 6) is 0.536. The van der Waals surface area contributed by atoms with Gasteiger partial charge in [0.2, 0.25) is 0 Å². The van der Waals surface area contributed by atoms with E-state index in [-0.39, 0.29) is 17.1 Å². The number of amides is 1. The van der Waals surface area contributed by atoms with Crippen LogP contribution in [-0.2, 0) is 4.79 Å². The van der Waals surface area contributed by atoms with Gasteiger partial charge in [-0.1, -0.05) is 26.5 Å². The molecule has 1 amide bonds. The van der Waals surface area contributed by atoms with Gasteiger partial charge in [-0.3, -0.25) is 9.59 Å². The van der Waals surface area contributed by atoms with Crippen molar-refractivity contribution in [3.05, 3.63) is 42.5 Å². The van der Waals surface area contributed by atoms with Crippen LogP contribution in [0.1, 0.15) is 43.5 Å². The molecular weight excluding hydrogens is 292 g/mol. The lowest BCUT2D eigenvalue weighted by atomic mass is 9.76. The molecule has 1 aromatic carbocycles. The SMILES string of the molecule is C=CCOc1ccc(C(=O)N/N=C2\CC(=O)CC(C)(C)C2)cc1. The molecule has 5 heteroatoms. The third-order valence-corrected chi connectivity index (χ3v) is 3.56. The number of carbonyl (C=O) groups excluding carboxylic acids is 2. The molecule has 1 aliphatic rings. The molecule has 1 N–H and O–H groups in total. The first-order valence-corrected chi connectivity index (χ1v) is 7.61. The molecular formula is C18H22N2O3. The van der Waals surface area contributed by atoms with E-state index in [0.29, 0.717) is 37.2 Å². The summed E-state index contributed by atoms with van der Waals surface area (Å²) >= 11 is 0. The first-order chi connectivity index (χ1) is 10.9. The van der Waals surface area contributed by atoms with Crippen molar-refractivity contribution >= 4 is 17.4 Å². The van der Waals surface area contributed by atoms with Gasteiger partial charge in [0.05, 0.1) is 0 Å². The summed E-state index contributed by atoms with van der Waals surface area (Å²) in [6, 6.07) is 6.78. The van der Waals surface area contributed by atoms with Crippen LogP contribution in [0.4, 0.5) is 0 Å². The highest BCUT2D eigenvalue weighted by Crippen LogP contribution is 2.31. The van der Waals surface area contributed by atoms with Crippen LogP contribution < -0.4 is 10.2 Å². The van der Waals surface area contributed by atoms with Gasteiger partial charge in [0.15, 0.2) is 0 Å². The Kier molecular flexibility index (Phi) is 5.32. The fraction of sp³-hybridized carbons (Fsp3) is 0.389. The molecule has 1 aliphatic carbocycles. The monoisotopic (exact) mass is 314 g/mol. The van der Waals surface area contributed by atoms with E-state index in [1.807, 2.05) is 13.8 Å². The molecule has 1 fully saturated rings. The second-order valence-electron chi connectivity index (χ2n) is 6.48. The highest BCUT2D eigenvalue weighted by molar-refractivity contribution is 6.05. The Bertz CT molecular complexity index is 630. The number of rotatable bonds is 5. The van der Waals surface area contributed by atoms with E-state index < -0.39 is 0 Å². The summed E-state index contributed by atoms with van der Waals surface area (Å²) in [7, 11) is 0. The Morgan fingerprint density at radius 3 is 2.65 bits per heavy atom. The molecule has 0 spiro atoms. The van der Waals surface area contributed by atoms with Crippen molar-refractivity contribution in [2.45, 2.75) is 33.1 Å². The molecule has 5 nitrogen and oxygen atoms in total. The maximum absolute atomic E-state index is 12.1. The smallest absolute Gasteiger partial charge is 0.271 e. The summed E-state index contributed by atoms with van der Waals surface area (Å²) < 4.78 is 5.36. The Hall–Kier alpha value is -2.43. The molecule has 2 rings (SSSR count). The Morgan fingerprint density at radius 2 is 2.04 bits per heavy atom. The lowest BCUT2D eigenvalue weighted by Gasteiger charge is -2.28. The van der Waals surface area contributed by atoms with Crippen LogP contribution in [-0.4, -0.2) is 24.0 Å². The normalized spacial score (nSPS) is 18.5. The van der Waals surface area contributed by atoms with Gasteiger partial charge in [0, 0.05) is 24.1 Å². The Morgan fingerprint density at radius 1 is 1.35 bits per heavy atom. The molecule has 0 unspecified atom stereocenters. The predicted molar refractivity (Wildman–Crippen MR) is 89.7 cm³/mol. The fourth-order valence-electron chi connectivity index (χ4n) is 2.63. The number of nitrogens with one attached hydrogen (secondary N) is 1. The van der Waals surface area contributed by atoms with E-state index in [2.05, 4.69) is 17.1 Å². The maximum Gasteiger partial charge on any atom is 0.271 e. The van der Waals surface area contributed by atoms with Crippen LogP contribution in [0.2, 0.25) is 0 Å². The maximum atomic E-state index is 12.1. The van der Waals surface area contributed by atoms with Crippen molar-refractivity contribution in [2.24, 2.45) is 10.5 Å². The highest BCUT2D eigenvalue weighted by atomic mass is 16.5. The van der Waals surface area contributed by atoms with E-state index in [0.717, 1.165) is 5.71 Å². The van der Waals surface area contributed by atoms with E-state index in [4.69, 9.17) is 4.74 Å². The van der Waals surface area contributed by atoms with Gasteiger partial charge >= 0.3 is 0 Å². The van der Waals surface area contributed by atoms with Gasteiger partial charge in [-0.2, -0.15) is 5.10 Å². The molecule has 0 bridgehead atoms. The summed E-state index contributed by atoms with van der Waals surface area (Å²) in [5, 5.41) is 4.13.